The maximum Gasteiger partial charge on any atom is 0.373 e. The molecule has 1 aliphatic heterocycles. The number of amides is 2. The maximum atomic E-state index is 12.1. The van der Waals surface area contributed by atoms with Crippen LogP contribution in [0.4, 0.5) is 0 Å². The fourth-order valence-corrected chi connectivity index (χ4v) is 2.17. The third-order valence-corrected chi connectivity index (χ3v) is 3.33. The molecule has 2 aromatic carbocycles. The highest BCUT2D eigenvalue weighted by Crippen LogP contribution is 2.23. The van der Waals surface area contributed by atoms with Crippen molar-refractivity contribution < 1.29 is 24.0 Å². The summed E-state index contributed by atoms with van der Waals surface area (Å²) in [4.78, 5) is 41.2. The van der Waals surface area contributed by atoms with Crippen molar-refractivity contribution in [1.29, 1.82) is 0 Å². The molecule has 0 aromatic heterocycles. The van der Waals surface area contributed by atoms with E-state index in [1.807, 2.05) is 6.07 Å². The van der Waals surface area contributed by atoms with Crippen LogP contribution in [0.5, 0.6) is 5.75 Å². The Morgan fingerprint density at radius 3 is 2.00 bits per heavy atom. The molecule has 1 aliphatic rings. The van der Waals surface area contributed by atoms with Gasteiger partial charge in [-0.2, -0.15) is 0 Å². The number of carbonyl (C=O) groups excluding carboxylic acids is 3. The van der Waals surface area contributed by atoms with Gasteiger partial charge in [0.15, 0.2) is 6.10 Å². The number of carbonyl (C=O) groups is 3. The largest absolute Gasteiger partial charge is 0.479 e. The summed E-state index contributed by atoms with van der Waals surface area (Å²) in [5.74, 6) is -1.67. The van der Waals surface area contributed by atoms with E-state index in [4.69, 9.17) is 9.57 Å². The second kappa shape index (κ2) is 5.92. The molecular formula is C17H13NO5. The summed E-state index contributed by atoms with van der Waals surface area (Å²) in [5.41, 5.74) is 0.420. The maximum absolute atomic E-state index is 12.1. The van der Waals surface area contributed by atoms with Gasteiger partial charge < -0.3 is 9.57 Å². The summed E-state index contributed by atoms with van der Waals surface area (Å²) in [6.07, 6.45) is -0.971. The lowest BCUT2D eigenvalue weighted by Crippen LogP contribution is -2.37. The molecule has 0 aliphatic carbocycles. The van der Waals surface area contributed by atoms with Gasteiger partial charge in [0.05, 0.1) is 11.1 Å². The first kappa shape index (κ1) is 14.8. The highest BCUT2D eigenvalue weighted by atomic mass is 16.7. The molecule has 3 rings (SSSR count). The van der Waals surface area contributed by atoms with Crippen molar-refractivity contribution in [2.45, 2.75) is 13.0 Å². The predicted molar refractivity (Wildman–Crippen MR) is 79.6 cm³/mol. The number of ether oxygens (including phenoxy) is 1. The third kappa shape index (κ3) is 2.78. The van der Waals surface area contributed by atoms with Gasteiger partial charge in [-0.25, -0.2) is 4.79 Å². The van der Waals surface area contributed by atoms with E-state index in [1.165, 1.54) is 19.1 Å². The lowest BCUT2D eigenvalue weighted by molar-refractivity contribution is -0.176. The standard InChI is InChI=1S/C17H13NO5/c1-11(22-12-7-3-2-4-8-12)17(21)23-18-15(19)13-9-5-6-10-14(13)16(18)20/h2-11H,1H3. The van der Waals surface area contributed by atoms with Gasteiger partial charge in [-0.15, -0.1) is 0 Å². The molecule has 1 heterocycles. The third-order valence-electron chi connectivity index (χ3n) is 3.33. The van der Waals surface area contributed by atoms with Crippen molar-refractivity contribution in [3.63, 3.8) is 0 Å². The molecule has 0 saturated carbocycles. The normalized spacial score (nSPS) is 14.4. The van der Waals surface area contributed by atoms with Crippen LogP contribution in [0.15, 0.2) is 54.6 Å². The van der Waals surface area contributed by atoms with Crippen molar-refractivity contribution in [3.05, 3.63) is 65.7 Å². The first-order valence-corrected chi connectivity index (χ1v) is 6.99. The molecule has 2 aromatic rings. The van der Waals surface area contributed by atoms with Gasteiger partial charge in [-0.1, -0.05) is 35.4 Å². The average Bonchev–Trinajstić information content (AvgIpc) is 2.81. The average molecular weight is 311 g/mol. The lowest BCUT2D eigenvalue weighted by atomic mass is 10.1. The fourth-order valence-electron chi connectivity index (χ4n) is 2.17. The Balaban J connectivity index is 1.69. The first-order valence-electron chi connectivity index (χ1n) is 6.99. The second-order valence-corrected chi connectivity index (χ2v) is 4.93. The van der Waals surface area contributed by atoms with Crippen LogP contribution in [0.3, 0.4) is 0 Å². The van der Waals surface area contributed by atoms with Crippen LogP contribution in [0.25, 0.3) is 0 Å². The van der Waals surface area contributed by atoms with Crippen LogP contribution in [0, 0.1) is 0 Å². The summed E-state index contributed by atoms with van der Waals surface area (Å²) in [6, 6.07) is 15.0. The molecule has 23 heavy (non-hydrogen) atoms. The molecular weight excluding hydrogens is 298 g/mol. The molecule has 1 atom stereocenters. The van der Waals surface area contributed by atoms with Crippen LogP contribution in [-0.2, 0) is 9.63 Å². The van der Waals surface area contributed by atoms with Gasteiger partial charge in [-0.05, 0) is 31.2 Å². The van der Waals surface area contributed by atoms with E-state index in [9.17, 15) is 14.4 Å². The topological polar surface area (TPSA) is 72.9 Å². The Morgan fingerprint density at radius 1 is 0.913 bits per heavy atom. The first-order chi connectivity index (χ1) is 11.1. The summed E-state index contributed by atoms with van der Waals surface area (Å²) in [7, 11) is 0. The van der Waals surface area contributed by atoms with Gasteiger partial charge in [-0.3, -0.25) is 9.59 Å². The monoisotopic (exact) mass is 311 g/mol. The Labute approximate surface area is 132 Å². The number of hydroxylamine groups is 2. The smallest absolute Gasteiger partial charge is 0.373 e. The Kier molecular flexibility index (Phi) is 3.80. The minimum atomic E-state index is -0.971. The Hall–Kier alpha value is -3.15. The van der Waals surface area contributed by atoms with Gasteiger partial charge in [0, 0.05) is 0 Å². The quantitative estimate of drug-likeness (QED) is 0.809. The Morgan fingerprint density at radius 2 is 1.43 bits per heavy atom. The van der Waals surface area contributed by atoms with E-state index in [2.05, 4.69) is 0 Å². The summed E-state index contributed by atoms with van der Waals surface area (Å²) in [5, 5.41) is 0.470. The minimum Gasteiger partial charge on any atom is -0.479 e. The molecule has 0 radical (unpaired) electrons. The number of benzene rings is 2. The van der Waals surface area contributed by atoms with E-state index in [0.29, 0.717) is 10.8 Å². The van der Waals surface area contributed by atoms with Crippen molar-refractivity contribution >= 4 is 17.8 Å². The number of nitrogens with zero attached hydrogens (tertiary/aromatic N) is 1. The summed E-state index contributed by atoms with van der Waals surface area (Å²) >= 11 is 0. The molecule has 0 bridgehead atoms. The van der Waals surface area contributed by atoms with Gasteiger partial charge >= 0.3 is 5.97 Å². The van der Waals surface area contributed by atoms with E-state index in [1.54, 1.807) is 36.4 Å². The number of imide groups is 1. The van der Waals surface area contributed by atoms with E-state index < -0.39 is 23.9 Å². The molecule has 0 N–H and O–H groups in total. The molecule has 0 fully saturated rings. The zero-order chi connectivity index (χ0) is 16.4. The van der Waals surface area contributed by atoms with Crippen molar-refractivity contribution in [3.8, 4) is 5.75 Å². The van der Waals surface area contributed by atoms with Crippen LogP contribution in [0.1, 0.15) is 27.6 Å². The molecule has 116 valence electrons. The fraction of sp³-hybridized carbons (Fsp3) is 0.118. The lowest BCUT2D eigenvalue weighted by Gasteiger charge is -2.17. The van der Waals surface area contributed by atoms with Gasteiger partial charge in [0.2, 0.25) is 0 Å². The zero-order valence-corrected chi connectivity index (χ0v) is 12.3. The molecule has 6 heteroatoms. The van der Waals surface area contributed by atoms with Crippen LogP contribution < -0.4 is 4.74 Å². The number of hydrogen-bond acceptors (Lipinski definition) is 5. The van der Waals surface area contributed by atoms with Crippen molar-refractivity contribution in [2.75, 3.05) is 0 Å². The minimum absolute atomic E-state index is 0.210. The van der Waals surface area contributed by atoms with E-state index >= 15 is 0 Å². The Bertz CT molecular complexity index is 737. The SMILES string of the molecule is CC(Oc1ccccc1)C(=O)ON1C(=O)c2ccccc2C1=O. The van der Waals surface area contributed by atoms with Gasteiger partial charge in [0.25, 0.3) is 11.8 Å². The highest BCUT2D eigenvalue weighted by molar-refractivity contribution is 6.20. The van der Waals surface area contributed by atoms with Crippen LogP contribution >= 0.6 is 0 Å². The summed E-state index contributed by atoms with van der Waals surface area (Å²) in [6.45, 7) is 1.48. The molecule has 2 amide bonds. The number of fused-ring (bicyclic) bond motifs is 1. The number of para-hydroxylation sites is 1. The van der Waals surface area contributed by atoms with E-state index in [0.717, 1.165) is 0 Å². The predicted octanol–water partition coefficient (Wildman–Crippen LogP) is 2.21. The van der Waals surface area contributed by atoms with Crippen molar-refractivity contribution in [1.82, 2.24) is 5.06 Å². The van der Waals surface area contributed by atoms with Crippen LogP contribution in [0.2, 0.25) is 0 Å². The zero-order valence-electron chi connectivity index (χ0n) is 12.3. The van der Waals surface area contributed by atoms with Crippen LogP contribution in [-0.4, -0.2) is 29.0 Å². The summed E-state index contributed by atoms with van der Waals surface area (Å²) < 4.78 is 5.41. The van der Waals surface area contributed by atoms with Crippen molar-refractivity contribution in [2.24, 2.45) is 0 Å². The van der Waals surface area contributed by atoms with Gasteiger partial charge in [0.1, 0.15) is 5.75 Å². The van der Waals surface area contributed by atoms with E-state index in [-0.39, 0.29) is 11.1 Å². The number of hydrogen-bond donors (Lipinski definition) is 0. The highest BCUT2D eigenvalue weighted by Gasteiger charge is 2.39. The molecule has 1 unspecified atom stereocenters. The molecule has 0 spiro atoms. The molecule has 0 saturated heterocycles. The second-order valence-electron chi connectivity index (χ2n) is 4.93. The number of rotatable bonds is 4. The molecule has 6 nitrogen and oxygen atoms in total.